The van der Waals surface area contributed by atoms with Crippen LogP contribution >= 0.6 is 0 Å². The minimum Gasteiger partial charge on any atom is -0.379 e. The Morgan fingerprint density at radius 1 is 0.292 bits per heavy atom. The first-order valence-corrected chi connectivity index (χ1v) is 15.2. The summed E-state index contributed by atoms with van der Waals surface area (Å²) in [4.78, 5) is 94.7. The Balaban J connectivity index is 0.000000264. The van der Waals surface area contributed by atoms with E-state index in [1.54, 1.807) is 0 Å². The third-order valence-electron chi connectivity index (χ3n) is 6.77. The summed E-state index contributed by atoms with van der Waals surface area (Å²) in [6, 6.07) is 0. The molecule has 48 heavy (non-hydrogen) atoms. The van der Waals surface area contributed by atoms with Crippen molar-refractivity contribution in [2.45, 2.75) is 6.42 Å². The minimum atomic E-state index is -0.335. The van der Waals surface area contributed by atoms with Crippen LogP contribution in [0.3, 0.4) is 0 Å². The van der Waals surface area contributed by atoms with Crippen LogP contribution in [0.1, 0.15) is 6.42 Å². The maximum Gasteiger partial charge on any atom is 0.253 e. The van der Waals surface area contributed by atoms with Crippen LogP contribution in [0.25, 0.3) is 0 Å². The summed E-state index contributed by atoms with van der Waals surface area (Å²) in [6.45, 7) is 4.27. The molecule has 0 spiro atoms. The van der Waals surface area contributed by atoms with Crippen molar-refractivity contribution < 1.29 is 62.0 Å². The Morgan fingerprint density at radius 3 is 0.771 bits per heavy atom. The molecule has 17 nitrogen and oxygen atoms in total. The molecular weight excluding hydrogens is 636 g/mol. The molecule has 260 valence electrons. The largest absolute Gasteiger partial charge is 0.379 e. The minimum absolute atomic E-state index is 0.202. The van der Waals surface area contributed by atoms with Crippen molar-refractivity contribution in [3.8, 4) is 0 Å². The molecule has 0 atom stereocenters. The normalized spacial score (nSPS) is 17.0. The molecule has 0 unspecified atom stereocenters. The number of hydrogen-bond acceptors (Lipinski definition) is 13. The number of nitrogens with zero attached hydrogens (tertiary/aromatic N) is 4. The molecule has 0 saturated heterocycles. The number of hydrogen-bond donors (Lipinski definition) is 0. The highest BCUT2D eigenvalue weighted by Gasteiger charge is 2.25. The van der Waals surface area contributed by atoms with Gasteiger partial charge in [0.2, 0.25) is 0 Å². The molecule has 17 heteroatoms. The maximum absolute atomic E-state index is 11.3. The van der Waals surface area contributed by atoms with Crippen molar-refractivity contribution in [3.05, 3.63) is 48.6 Å². The van der Waals surface area contributed by atoms with Gasteiger partial charge >= 0.3 is 0 Å². The van der Waals surface area contributed by atoms with Crippen molar-refractivity contribution in [2.24, 2.45) is 0 Å². The molecular formula is C31H38N4O13. The summed E-state index contributed by atoms with van der Waals surface area (Å²) in [6.07, 6.45) is 10.5. The summed E-state index contributed by atoms with van der Waals surface area (Å²) in [5.74, 6) is -2.54. The van der Waals surface area contributed by atoms with Gasteiger partial charge in [0.15, 0.2) is 0 Å². The summed E-state index contributed by atoms with van der Waals surface area (Å²) < 4.78 is 26.5. The summed E-state index contributed by atoms with van der Waals surface area (Å²) in [5, 5.41) is 0. The van der Waals surface area contributed by atoms with Gasteiger partial charge in [0.25, 0.3) is 47.3 Å². The van der Waals surface area contributed by atoms with Gasteiger partial charge in [-0.3, -0.25) is 58.0 Å². The van der Waals surface area contributed by atoms with E-state index in [0.717, 1.165) is 14.7 Å². The third-order valence-corrected chi connectivity index (χ3v) is 6.77. The second-order valence-electron chi connectivity index (χ2n) is 10.1. The number of imide groups is 4. The highest BCUT2D eigenvalue weighted by Crippen LogP contribution is 2.05. The number of carbonyl (C=O) groups is 8. The predicted molar refractivity (Wildman–Crippen MR) is 162 cm³/mol. The lowest BCUT2D eigenvalue weighted by atomic mass is 10.4. The molecule has 0 aromatic carbocycles. The predicted octanol–water partition coefficient (Wildman–Crippen LogP) is -1.85. The van der Waals surface area contributed by atoms with Crippen molar-refractivity contribution in [1.82, 2.24) is 19.6 Å². The van der Waals surface area contributed by atoms with Crippen LogP contribution in [0.5, 0.6) is 0 Å². The van der Waals surface area contributed by atoms with Gasteiger partial charge in [0.05, 0.1) is 79.1 Å². The Labute approximate surface area is 276 Å². The van der Waals surface area contributed by atoms with E-state index >= 15 is 0 Å². The van der Waals surface area contributed by atoms with E-state index < -0.39 is 0 Å². The zero-order chi connectivity index (χ0) is 34.7. The molecule has 0 aromatic heterocycles. The van der Waals surface area contributed by atoms with Crippen LogP contribution in [0.15, 0.2) is 48.6 Å². The van der Waals surface area contributed by atoms with Crippen molar-refractivity contribution in [1.29, 1.82) is 0 Å². The lowest BCUT2D eigenvalue weighted by molar-refractivity contribution is -0.139. The Morgan fingerprint density at radius 2 is 0.500 bits per heavy atom. The van der Waals surface area contributed by atoms with Crippen molar-refractivity contribution in [2.75, 3.05) is 92.2 Å². The van der Waals surface area contributed by atoms with Crippen LogP contribution in [0.4, 0.5) is 0 Å². The molecule has 0 saturated carbocycles. The van der Waals surface area contributed by atoms with Gasteiger partial charge in [-0.15, -0.1) is 0 Å². The fourth-order valence-corrected chi connectivity index (χ4v) is 4.26. The van der Waals surface area contributed by atoms with Gasteiger partial charge in [-0.05, 0) is 6.42 Å². The van der Waals surface area contributed by atoms with Crippen LogP contribution in [-0.2, 0) is 62.0 Å². The van der Waals surface area contributed by atoms with E-state index in [2.05, 4.69) is 0 Å². The van der Waals surface area contributed by atoms with E-state index in [9.17, 15) is 38.4 Å². The van der Waals surface area contributed by atoms with Crippen molar-refractivity contribution >= 4 is 47.3 Å². The maximum atomic E-state index is 11.3. The number of ether oxygens (including phenoxy) is 5. The molecule has 4 aliphatic rings. The molecule has 0 aromatic rings. The van der Waals surface area contributed by atoms with Gasteiger partial charge < -0.3 is 23.7 Å². The Hall–Kier alpha value is -4.68. The van der Waals surface area contributed by atoms with E-state index in [4.69, 9.17) is 23.7 Å². The van der Waals surface area contributed by atoms with Crippen LogP contribution in [-0.4, -0.2) is 159 Å². The second-order valence-corrected chi connectivity index (χ2v) is 10.1. The SMILES string of the molecule is O=C1C=CC(=O)N1CCCOCCOCCOCCN1C(=O)C=CC1=O.O=C1C=CC(=O)N1CCOCCOCCN1C(=O)C=CC1=O. The summed E-state index contributed by atoms with van der Waals surface area (Å²) in [5.41, 5.74) is 0. The molecule has 0 radical (unpaired) electrons. The zero-order valence-electron chi connectivity index (χ0n) is 26.3. The molecule has 0 bridgehead atoms. The topological polar surface area (TPSA) is 196 Å². The van der Waals surface area contributed by atoms with Gasteiger partial charge in [-0.1, -0.05) is 0 Å². The van der Waals surface area contributed by atoms with Gasteiger partial charge in [0, 0.05) is 61.8 Å². The lowest BCUT2D eigenvalue weighted by Gasteiger charge is -2.14. The molecule has 4 rings (SSSR count). The van der Waals surface area contributed by atoms with Gasteiger partial charge in [-0.25, -0.2) is 0 Å². The summed E-state index contributed by atoms with van der Waals surface area (Å²) >= 11 is 0. The van der Waals surface area contributed by atoms with Crippen LogP contribution in [0, 0.1) is 0 Å². The molecule has 8 amide bonds. The molecule has 0 fully saturated rings. The van der Waals surface area contributed by atoms with E-state index in [1.807, 2.05) is 0 Å². The lowest BCUT2D eigenvalue weighted by Crippen LogP contribution is -2.34. The van der Waals surface area contributed by atoms with E-state index in [-0.39, 0.29) is 86.7 Å². The highest BCUT2D eigenvalue weighted by molar-refractivity contribution is 6.14. The van der Waals surface area contributed by atoms with Gasteiger partial charge in [-0.2, -0.15) is 0 Å². The Bertz CT molecular complexity index is 1170. The molecule has 4 heterocycles. The standard InChI is InChI=1S/C17H22N2O7.C14H16N2O6/c20-14-2-3-15(21)18(14)6-1-8-24-10-12-26-13-11-25-9-7-19-16(22)4-5-17(19)23;17-11-1-2-12(18)15(11)5-7-21-9-10-22-8-6-16-13(19)3-4-14(16)20/h2-5H,1,6-13H2;1-4H,5-10H2. The zero-order valence-corrected chi connectivity index (χ0v) is 26.3. The van der Waals surface area contributed by atoms with Crippen molar-refractivity contribution in [3.63, 3.8) is 0 Å². The first kappa shape index (κ1) is 37.8. The second kappa shape index (κ2) is 20.5. The molecule has 0 N–H and O–H groups in total. The van der Waals surface area contributed by atoms with Crippen LogP contribution in [0.2, 0.25) is 0 Å². The first-order valence-electron chi connectivity index (χ1n) is 15.2. The molecule has 4 aliphatic heterocycles. The van der Waals surface area contributed by atoms with E-state index in [1.165, 1.54) is 53.5 Å². The number of rotatable bonds is 22. The third kappa shape index (κ3) is 12.5. The smallest absolute Gasteiger partial charge is 0.253 e. The first-order chi connectivity index (χ1) is 23.2. The highest BCUT2D eigenvalue weighted by atomic mass is 16.5. The number of carbonyl (C=O) groups excluding carboxylic acids is 8. The fraction of sp³-hybridized carbons (Fsp3) is 0.484. The quantitative estimate of drug-likeness (QED) is 0.0918. The van der Waals surface area contributed by atoms with Crippen LogP contribution < -0.4 is 0 Å². The average molecular weight is 675 g/mol. The fourth-order valence-electron chi connectivity index (χ4n) is 4.26. The summed E-state index contributed by atoms with van der Waals surface area (Å²) in [7, 11) is 0. The average Bonchev–Trinajstić information content (AvgIpc) is 3.78. The van der Waals surface area contributed by atoms with Gasteiger partial charge in [0.1, 0.15) is 0 Å². The molecule has 0 aliphatic carbocycles. The Kier molecular flexibility index (Phi) is 16.2. The number of amides is 8. The monoisotopic (exact) mass is 674 g/mol. The van der Waals surface area contributed by atoms with E-state index in [0.29, 0.717) is 59.2 Å².